The van der Waals surface area contributed by atoms with Crippen molar-refractivity contribution in [3.63, 3.8) is 0 Å². The number of benzene rings is 1. The van der Waals surface area contributed by atoms with Crippen LogP contribution in [-0.2, 0) is 9.53 Å². The number of esters is 1. The molecule has 0 aliphatic rings. The molecule has 1 rings (SSSR count). The lowest BCUT2D eigenvalue weighted by atomic mass is 10.3. The zero-order valence-corrected chi connectivity index (χ0v) is 11.2. The number of carbonyl (C=O) groups excluding carboxylic acids is 1. The molecule has 0 bridgehead atoms. The smallest absolute Gasteiger partial charge is 0.305 e. The van der Waals surface area contributed by atoms with E-state index in [0.717, 1.165) is 18.0 Å². The summed E-state index contributed by atoms with van der Waals surface area (Å²) in [5.74, 6) is 0.574. The molecule has 1 unspecified atom stereocenters. The van der Waals surface area contributed by atoms with Crippen LogP contribution in [0.4, 0.5) is 5.69 Å². The molecule has 0 fully saturated rings. The summed E-state index contributed by atoms with van der Waals surface area (Å²) in [6, 6.07) is 7.72. The van der Waals surface area contributed by atoms with Crippen LogP contribution < -0.4 is 10.1 Å². The predicted molar refractivity (Wildman–Crippen MR) is 71.9 cm³/mol. The Morgan fingerprint density at radius 2 is 1.94 bits per heavy atom. The molecule has 0 spiro atoms. The van der Waals surface area contributed by atoms with Gasteiger partial charge in [-0.2, -0.15) is 0 Å². The molecule has 0 heterocycles. The molecule has 1 aromatic carbocycles. The minimum atomic E-state index is -0.201. The molecular weight excluding hydrogens is 230 g/mol. The fourth-order valence-corrected chi connectivity index (χ4v) is 1.43. The van der Waals surface area contributed by atoms with E-state index in [4.69, 9.17) is 9.47 Å². The molecule has 0 amide bonds. The first-order valence-corrected chi connectivity index (χ1v) is 6.32. The van der Waals surface area contributed by atoms with E-state index in [0.29, 0.717) is 6.42 Å². The van der Waals surface area contributed by atoms with E-state index < -0.39 is 0 Å². The van der Waals surface area contributed by atoms with Crippen molar-refractivity contribution in [2.24, 2.45) is 0 Å². The van der Waals surface area contributed by atoms with Crippen LogP contribution in [0.5, 0.6) is 5.75 Å². The molecule has 4 heteroatoms. The maximum atomic E-state index is 11.0. The minimum Gasteiger partial charge on any atom is -0.487 e. The second-order valence-corrected chi connectivity index (χ2v) is 4.02. The monoisotopic (exact) mass is 251 g/mol. The molecule has 0 aliphatic heterocycles. The van der Waals surface area contributed by atoms with Gasteiger partial charge in [-0.25, -0.2) is 0 Å². The van der Waals surface area contributed by atoms with E-state index in [1.54, 1.807) is 6.92 Å². The van der Waals surface area contributed by atoms with Gasteiger partial charge >= 0.3 is 5.97 Å². The maximum Gasteiger partial charge on any atom is 0.305 e. The number of hydrogen-bond donors (Lipinski definition) is 1. The first-order chi connectivity index (χ1) is 8.65. The Bertz CT molecular complexity index is 362. The molecule has 18 heavy (non-hydrogen) atoms. The van der Waals surface area contributed by atoms with Gasteiger partial charge in [-0.15, -0.1) is 0 Å². The third-order valence-electron chi connectivity index (χ3n) is 2.34. The van der Waals surface area contributed by atoms with Crippen molar-refractivity contribution in [3.8, 4) is 5.75 Å². The summed E-state index contributed by atoms with van der Waals surface area (Å²) in [6.07, 6.45) is 0.245. The molecule has 0 aromatic heterocycles. The highest BCUT2D eigenvalue weighted by Crippen LogP contribution is 2.16. The van der Waals surface area contributed by atoms with Crippen LogP contribution in [0.2, 0.25) is 0 Å². The largest absolute Gasteiger partial charge is 0.487 e. The molecular formula is C14H21NO3. The van der Waals surface area contributed by atoms with Gasteiger partial charge in [-0.1, -0.05) is 6.92 Å². The van der Waals surface area contributed by atoms with E-state index in [2.05, 4.69) is 12.2 Å². The van der Waals surface area contributed by atoms with Gasteiger partial charge < -0.3 is 14.8 Å². The number of hydrogen-bond acceptors (Lipinski definition) is 4. The van der Waals surface area contributed by atoms with Gasteiger partial charge in [-0.05, 0) is 38.1 Å². The number of ether oxygens (including phenoxy) is 2. The highest BCUT2D eigenvalue weighted by atomic mass is 16.6. The van der Waals surface area contributed by atoms with Crippen molar-refractivity contribution in [1.29, 1.82) is 0 Å². The number of nitrogens with one attached hydrogen (secondary N) is 1. The van der Waals surface area contributed by atoms with Crippen LogP contribution in [0, 0.1) is 0 Å². The summed E-state index contributed by atoms with van der Waals surface area (Å²) in [4.78, 5) is 11.0. The third-order valence-corrected chi connectivity index (χ3v) is 2.34. The topological polar surface area (TPSA) is 47.6 Å². The second-order valence-electron chi connectivity index (χ2n) is 4.02. The number of rotatable bonds is 7. The van der Waals surface area contributed by atoms with Gasteiger partial charge in [0.25, 0.3) is 0 Å². The molecule has 0 radical (unpaired) electrons. The Labute approximate surface area is 108 Å². The molecule has 100 valence electrons. The lowest BCUT2D eigenvalue weighted by Gasteiger charge is -2.15. The van der Waals surface area contributed by atoms with Crippen molar-refractivity contribution in [3.05, 3.63) is 24.3 Å². The minimum absolute atomic E-state index is 0.148. The average Bonchev–Trinajstić information content (AvgIpc) is 2.38. The number of carbonyl (C=O) groups is 1. The Kier molecular flexibility index (Phi) is 6.05. The van der Waals surface area contributed by atoms with E-state index in [9.17, 15) is 4.79 Å². The standard InChI is InChI=1S/C14H21NO3/c1-4-14(16)17-10-11(3)18-13-8-6-12(7-9-13)15-5-2/h6-9,11,15H,4-5,10H2,1-3H3. The Balaban J connectivity index is 2.39. The summed E-state index contributed by atoms with van der Waals surface area (Å²) >= 11 is 0. The molecule has 1 aromatic rings. The van der Waals surface area contributed by atoms with Crippen LogP contribution in [-0.4, -0.2) is 25.2 Å². The molecule has 4 nitrogen and oxygen atoms in total. The molecule has 0 saturated carbocycles. The Morgan fingerprint density at radius 3 is 2.50 bits per heavy atom. The first-order valence-electron chi connectivity index (χ1n) is 6.32. The van der Waals surface area contributed by atoms with Gasteiger partial charge in [0.1, 0.15) is 18.5 Å². The van der Waals surface area contributed by atoms with Gasteiger partial charge in [0, 0.05) is 18.7 Å². The van der Waals surface area contributed by atoms with E-state index in [1.165, 1.54) is 0 Å². The maximum absolute atomic E-state index is 11.0. The summed E-state index contributed by atoms with van der Waals surface area (Å²) < 4.78 is 10.6. The molecule has 0 aliphatic carbocycles. The van der Waals surface area contributed by atoms with Crippen LogP contribution in [0.3, 0.4) is 0 Å². The van der Waals surface area contributed by atoms with Crippen LogP contribution in [0.25, 0.3) is 0 Å². The zero-order chi connectivity index (χ0) is 13.4. The summed E-state index contributed by atoms with van der Waals surface area (Å²) in [5.41, 5.74) is 1.06. The third kappa shape index (κ3) is 5.08. The molecule has 1 atom stereocenters. The molecule has 0 saturated heterocycles. The van der Waals surface area contributed by atoms with Gasteiger partial charge in [0.05, 0.1) is 0 Å². The normalized spacial score (nSPS) is 11.7. The van der Waals surface area contributed by atoms with Gasteiger partial charge in [0.2, 0.25) is 0 Å². The first kappa shape index (κ1) is 14.4. The van der Waals surface area contributed by atoms with Crippen molar-refractivity contribution < 1.29 is 14.3 Å². The van der Waals surface area contributed by atoms with Crippen LogP contribution in [0.1, 0.15) is 27.2 Å². The highest BCUT2D eigenvalue weighted by molar-refractivity contribution is 5.68. The summed E-state index contributed by atoms with van der Waals surface area (Å²) in [5, 5.41) is 3.21. The fraction of sp³-hybridized carbons (Fsp3) is 0.500. The van der Waals surface area contributed by atoms with Crippen molar-refractivity contribution >= 4 is 11.7 Å². The SMILES string of the molecule is CCNc1ccc(OC(C)COC(=O)CC)cc1. The van der Waals surface area contributed by atoms with Crippen molar-refractivity contribution in [2.75, 3.05) is 18.5 Å². The van der Waals surface area contributed by atoms with E-state index in [-0.39, 0.29) is 18.7 Å². The van der Waals surface area contributed by atoms with Gasteiger partial charge in [0.15, 0.2) is 0 Å². The van der Waals surface area contributed by atoms with Crippen molar-refractivity contribution in [1.82, 2.24) is 0 Å². The van der Waals surface area contributed by atoms with Crippen LogP contribution in [0.15, 0.2) is 24.3 Å². The summed E-state index contributed by atoms with van der Waals surface area (Å²) in [7, 11) is 0. The Morgan fingerprint density at radius 1 is 1.28 bits per heavy atom. The van der Waals surface area contributed by atoms with Crippen molar-refractivity contribution in [2.45, 2.75) is 33.3 Å². The summed E-state index contributed by atoms with van der Waals surface area (Å²) in [6.45, 7) is 6.87. The second kappa shape index (κ2) is 7.58. The number of anilines is 1. The Hall–Kier alpha value is -1.71. The zero-order valence-electron chi connectivity index (χ0n) is 11.2. The van der Waals surface area contributed by atoms with Crippen LogP contribution >= 0.6 is 0 Å². The quantitative estimate of drug-likeness (QED) is 0.757. The predicted octanol–water partition coefficient (Wildman–Crippen LogP) is 2.84. The van der Waals surface area contributed by atoms with E-state index in [1.807, 2.05) is 31.2 Å². The fourth-order valence-electron chi connectivity index (χ4n) is 1.43. The van der Waals surface area contributed by atoms with E-state index >= 15 is 0 Å². The lowest BCUT2D eigenvalue weighted by molar-refractivity contribution is -0.145. The van der Waals surface area contributed by atoms with Gasteiger partial charge in [-0.3, -0.25) is 4.79 Å². The average molecular weight is 251 g/mol. The molecule has 1 N–H and O–H groups in total. The highest BCUT2D eigenvalue weighted by Gasteiger charge is 2.07. The lowest BCUT2D eigenvalue weighted by Crippen LogP contribution is -2.21.